The topological polar surface area (TPSA) is 15.3 Å². The molecule has 2 nitrogen and oxygen atoms in total. The van der Waals surface area contributed by atoms with Gasteiger partial charge in [-0.25, -0.2) is 4.39 Å². The number of benzene rings is 1. The van der Waals surface area contributed by atoms with Crippen LogP contribution in [-0.4, -0.2) is 25.2 Å². The smallest absolute Gasteiger partial charge is 0.147 e. The average Bonchev–Trinajstić information content (AvgIpc) is 2.37. The molecule has 1 heterocycles. The second kappa shape index (κ2) is 6.71. The number of rotatable bonds is 4. The number of piperidine rings is 1. The molecule has 0 bridgehead atoms. The van der Waals surface area contributed by atoms with E-state index < -0.39 is 0 Å². The van der Waals surface area contributed by atoms with E-state index in [4.69, 9.17) is 0 Å². The molecule has 0 saturated carbocycles. The highest BCUT2D eigenvalue weighted by Gasteiger charge is 2.26. The van der Waals surface area contributed by atoms with Crippen molar-refractivity contribution in [3.63, 3.8) is 0 Å². The first-order valence-electron chi connectivity index (χ1n) is 7.07. The Morgan fingerprint density at radius 2 is 2.26 bits per heavy atom. The molecule has 1 aliphatic heterocycles. The summed E-state index contributed by atoms with van der Waals surface area (Å²) in [6.07, 6.45) is 3.32. The third-order valence-corrected chi connectivity index (χ3v) is 4.27. The zero-order valence-corrected chi connectivity index (χ0v) is 13.2. The molecular formula is C15H22BrFN2. The van der Waals surface area contributed by atoms with Gasteiger partial charge in [-0.3, -0.25) is 0 Å². The summed E-state index contributed by atoms with van der Waals surface area (Å²) in [4.78, 5) is 2.19. The second-order valence-electron chi connectivity index (χ2n) is 5.31. The summed E-state index contributed by atoms with van der Waals surface area (Å²) in [6, 6.07) is 6.27. The molecule has 0 spiro atoms. The van der Waals surface area contributed by atoms with E-state index in [0.29, 0.717) is 12.1 Å². The van der Waals surface area contributed by atoms with Crippen molar-refractivity contribution in [1.82, 2.24) is 5.32 Å². The lowest BCUT2D eigenvalue weighted by Crippen LogP contribution is -2.48. The number of halogens is 2. The van der Waals surface area contributed by atoms with Gasteiger partial charge in [-0.15, -0.1) is 0 Å². The molecule has 19 heavy (non-hydrogen) atoms. The molecule has 0 aliphatic carbocycles. The van der Waals surface area contributed by atoms with Gasteiger partial charge in [0.1, 0.15) is 5.82 Å². The van der Waals surface area contributed by atoms with Crippen LogP contribution in [0.1, 0.15) is 33.1 Å². The molecule has 1 aromatic rings. The lowest BCUT2D eigenvalue weighted by molar-refractivity contribution is 0.366. The molecule has 1 fully saturated rings. The van der Waals surface area contributed by atoms with E-state index in [2.05, 4.69) is 40.0 Å². The molecular weight excluding hydrogens is 307 g/mol. The number of hydrogen-bond acceptors (Lipinski definition) is 2. The molecule has 1 saturated heterocycles. The highest BCUT2D eigenvalue weighted by atomic mass is 79.9. The van der Waals surface area contributed by atoms with Crippen LogP contribution in [0.15, 0.2) is 22.7 Å². The van der Waals surface area contributed by atoms with Crippen LogP contribution in [0.25, 0.3) is 0 Å². The minimum Gasteiger partial charge on any atom is -0.366 e. The van der Waals surface area contributed by atoms with Crippen LogP contribution in [0, 0.1) is 5.82 Å². The van der Waals surface area contributed by atoms with Crippen molar-refractivity contribution in [2.45, 2.75) is 45.2 Å². The zero-order valence-electron chi connectivity index (χ0n) is 11.6. The molecule has 2 rings (SSSR count). The lowest BCUT2D eigenvalue weighted by Gasteiger charge is -2.39. The van der Waals surface area contributed by atoms with Crippen LogP contribution in [0.4, 0.5) is 10.1 Å². The molecule has 2 unspecified atom stereocenters. The standard InChI is InChI=1S/C15H22BrFN2/c1-3-7-18-13-6-8-19(11(2)9-13)15-5-4-12(16)10-14(15)17/h4-5,10-11,13,18H,3,6-9H2,1-2H3. The summed E-state index contributed by atoms with van der Waals surface area (Å²) < 4.78 is 14.8. The van der Waals surface area contributed by atoms with Crippen LogP contribution in [0.3, 0.4) is 0 Å². The zero-order chi connectivity index (χ0) is 13.8. The van der Waals surface area contributed by atoms with Crippen molar-refractivity contribution in [3.05, 3.63) is 28.5 Å². The molecule has 0 radical (unpaired) electrons. The first kappa shape index (κ1) is 14.8. The Morgan fingerprint density at radius 1 is 1.47 bits per heavy atom. The summed E-state index contributed by atoms with van der Waals surface area (Å²) in [5, 5.41) is 3.57. The third kappa shape index (κ3) is 3.69. The maximum absolute atomic E-state index is 14.0. The Labute approximate surface area is 123 Å². The fourth-order valence-corrected chi connectivity index (χ4v) is 3.11. The fraction of sp³-hybridized carbons (Fsp3) is 0.600. The van der Waals surface area contributed by atoms with E-state index in [9.17, 15) is 4.39 Å². The van der Waals surface area contributed by atoms with Gasteiger partial charge in [0.2, 0.25) is 0 Å². The summed E-state index contributed by atoms with van der Waals surface area (Å²) in [6.45, 7) is 6.36. The minimum atomic E-state index is -0.138. The number of nitrogens with zero attached hydrogens (tertiary/aromatic N) is 1. The Hall–Kier alpha value is -0.610. The first-order valence-corrected chi connectivity index (χ1v) is 7.86. The van der Waals surface area contributed by atoms with E-state index in [1.165, 1.54) is 0 Å². The second-order valence-corrected chi connectivity index (χ2v) is 6.23. The molecule has 106 valence electrons. The molecule has 1 aliphatic rings. The van der Waals surface area contributed by atoms with Gasteiger partial charge < -0.3 is 10.2 Å². The highest BCUT2D eigenvalue weighted by Crippen LogP contribution is 2.29. The Bertz CT molecular complexity index is 425. The van der Waals surface area contributed by atoms with Gasteiger partial charge in [-0.1, -0.05) is 22.9 Å². The van der Waals surface area contributed by atoms with E-state index in [1.54, 1.807) is 6.07 Å². The van der Waals surface area contributed by atoms with Gasteiger partial charge in [-0.05, 0) is 50.9 Å². The Morgan fingerprint density at radius 3 is 2.89 bits per heavy atom. The predicted octanol–water partition coefficient (Wildman–Crippen LogP) is 3.95. The third-order valence-electron chi connectivity index (χ3n) is 3.78. The molecule has 4 heteroatoms. The largest absolute Gasteiger partial charge is 0.366 e. The van der Waals surface area contributed by atoms with E-state index in [-0.39, 0.29) is 5.82 Å². The maximum Gasteiger partial charge on any atom is 0.147 e. The van der Waals surface area contributed by atoms with Crippen LogP contribution in [0.5, 0.6) is 0 Å². The molecule has 0 amide bonds. The Kier molecular flexibility index (Phi) is 5.22. The van der Waals surface area contributed by atoms with Gasteiger partial charge in [-0.2, -0.15) is 0 Å². The molecule has 0 aromatic heterocycles. The Balaban J connectivity index is 2.03. The van der Waals surface area contributed by atoms with Gasteiger partial charge >= 0.3 is 0 Å². The first-order chi connectivity index (χ1) is 9.11. The van der Waals surface area contributed by atoms with Crippen molar-refractivity contribution in [2.24, 2.45) is 0 Å². The average molecular weight is 329 g/mol. The van der Waals surface area contributed by atoms with Crippen molar-refractivity contribution in [2.75, 3.05) is 18.0 Å². The van der Waals surface area contributed by atoms with Gasteiger partial charge in [0, 0.05) is 23.1 Å². The number of hydrogen-bond donors (Lipinski definition) is 1. The monoisotopic (exact) mass is 328 g/mol. The normalized spacial score (nSPS) is 23.7. The van der Waals surface area contributed by atoms with Crippen molar-refractivity contribution < 1.29 is 4.39 Å². The number of nitrogens with one attached hydrogen (secondary N) is 1. The van der Waals surface area contributed by atoms with Gasteiger partial charge in [0.15, 0.2) is 0 Å². The molecule has 1 N–H and O–H groups in total. The summed E-state index contributed by atoms with van der Waals surface area (Å²) >= 11 is 3.30. The molecule has 1 aromatic carbocycles. The summed E-state index contributed by atoms with van der Waals surface area (Å²) in [5.41, 5.74) is 0.727. The van der Waals surface area contributed by atoms with Crippen LogP contribution < -0.4 is 10.2 Å². The van der Waals surface area contributed by atoms with Crippen molar-refractivity contribution in [3.8, 4) is 0 Å². The summed E-state index contributed by atoms with van der Waals surface area (Å²) in [5.74, 6) is -0.138. The van der Waals surface area contributed by atoms with E-state index >= 15 is 0 Å². The van der Waals surface area contributed by atoms with Gasteiger partial charge in [0.25, 0.3) is 0 Å². The van der Waals surface area contributed by atoms with E-state index in [0.717, 1.165) is 42.5 Å². The van der Waals surface area contributed by atoms with Crippen LogP contribution >= 0.6 is 15.9 Å². The lowest BCUT2D eigenvalue weighted by atomic mass is 9.97. The maximum atomic E-state index is 14.0. The van der Waals surface area contributed by atoms with Crippen LogP contribution in [-0.2, 0) is 0 Å². The predicted molar refractivity (Wildman–Crippen MR) is 82.2 cm³/mol. The van der Waals surface area contributed by atoms with Crippen molar-refractivity contribution >= 4 is 21.6 Å². The molecule has 2 atom stereocenters. The minimum absolute atomic E-state index is 0.138. The van der Waals surface area contributed by atoms with Crippen LogP contribution in [0.2, 0.25) is 0 Å². The number of anilines is 1. The summed E-state index contributed by atoms with van der Waals surface area (Å²) in [7, 11) is 0. The SMILES string of the molecule is CCCNC1CCN(c2ccc(Br)cc2F)C(C)C1. The fourth-order valence-electron chi connectivity index (χ4n) is 2.78. The quantitative estimate of drug-likeness (QED) is 0.900. The van der Waals surface area contributed by atoms with E-state index in [1.807, 2.05) is 12.1 Å². The van der Waals surface area contributed by atoms with Crippen molar-refractivity contribution in [1.29, 1.82) is 0 Å². The highest BCUT2D eigenvalue weighted by molar-refractivity contribution is 9.10. The van der Waals surface area contributed by atoms with Gasteiger partial charge in [0.05, 0.1) is 5.69 Å².